The van der Waals surface area contributed by atoms with Gasteiger partial charge in [0.2, 0.25) is 0 Å². The second kappa shape index (κ2) is 7.80. The molecule has 0 saturated heterocycles. The summed E-state index contributed by atoms with van der Waals surface area (Å²) in [5.74, 6) is -0.103. The molecular formula is C25H20N4O5. The molecule has 0 bridgehead atoms. The fraction of sp³-hybridized carbons (Fsp3) is 0.160. The zero-order chi connectivity index (χ0) is 24.1. The van der Waals surface area contributed by atoms with E-state index in [4.69, 9.17) is 4.42 Å². The number of aromatic hydroxyl groups is 1. The number of aromatic nitrogens is 4. The molecule has 0 radical (unpaired) electrons. The Labute approximate surface area is 192 Å². The van der Waals surface area contributed by atoms with Crippen LogP contribution in [0.15, 0.2) is 61.4 Å². The quantitative estimate of drug-likeness (QED) is 0.399. The summed E-state index contributed by atoms with van der Waals surface area (Å²) >= 11 is 0. The Morgan fingerprint density at radius 1 is 1.00 bits per heavy atom. The summed E-state index contributed by atoms with van der Waals surface area (Å²) < 4.78 is 6.76. The Morgan fingerprint density at radius 2 is 1.79 bits per heavy atom. The van der Waals surface area contributed by atoms with Gasteiger partial charge in [-0.05, 0) is 56.7 Å². The summed E-state index contributed by atoms with van der Waals surface area (Å²) in [5, 5.41) is 11.8. The van der Waals surface area contributed by atoms with Gasteiger partial charge < -0.3 is 9.52 Å². The lowest BCUT2D eigenvalue weighted by Crippen LogP contribution is -2.31. The molecule has 5 rings (SSSR count). The third-order valence-electron chi connectivity index (χ3n) is 6.11. The van der Waals surface area contributed by atoms with Crippen LogP contribution in [0.4, 0.5) is 0 Å². The van der Waals surface area contributed by atoms with Crippen LogP contribution in [0.25, 0.3) is 33.3 Å². The summed E-state index contributed by atoms with van der Waals surface area (Å²) in [6.45, 7) is 5.25. The van der Waals surface area contributed by atoms with Crippen molar-refractivity contribution in [1.82, 2.24) is 19.5 Å². The van der Waals surface area contributed by atoms with Crippen LogP contribution in [0.5, 0.6) is 5.75 Å². The van der Waals surface area contributed by atoms with Gasteiger partial charge in [0.1, 0.15) is 11.3 Å². The largest absolute Gasteiger partial charge is 0.507 e. The SMILES string of the molecule is Cc1c(C)c2cc(-c3ccc4c(=O)[nH]c(=O)n(Cc5ccccn5)c4n3)c(O)c(C)c2oc1=O. The number of pyridine rings is 2. The van der Waals surface area contributed by atoms with E-state index in [1.807, 2.05) is 6.92 Å². The molecule has 1 aromatic carbocycles. The summed E-state index contributed by atoms with van der Waals surface area (Å²) in [7, 11) is 0. The second-order valence-corrected chi connectivity index (χ2v) is 8.15. The number of benzene rings is 1. The first-order chi connectivity index (χ1) is 16.3. The number of rotatable bonds is 3. The molecular weight excluding hydrogens is 436 g/mol. The number of fused-ring (bicyclic) bond motifs is 2. The predicted molar refractivity (Wildman–Crippen MR) is 127 cm³/mol. The van der Waals surface area contributed by atoms with E-state index in [0.717, 1.165) is 5.56 Å². The van der Waals surface area contributed by atoms with E-state index in [9.17, 15) is 19.5 Å². The summed E-state index contributed by atoms with van der Waals surface area (Å²) in [6, 6.07) is 10.2. The molecule has 9 heteroatoms. The van der Waals surface area contributed by atoms with Crippen molar-refractivity contribution in [2.24, 2.45) is 0 Å². The van der Waals surface area contributed by atoms with Gasteiger partial charge in [-0.2, -0.15) is 0 Å². The normalized spacial score (nSPS) is 11.4. The van der Waals surface area contributed by atoms with Crippen molar-refractivity contribution in [3.05, 3.63) is 96.2 Å². The molecule has 4 aromatic heterocycles. The van der Waals surface area contributed by atoms with Crippen molar-refractivity contribution in [2.75, 3.05) is 0 Å². The monoisotopic (exact) mass is 456 g/mol. The topological polar surface area (TPSA) is 131 Å². The molecule has 9 nitrogen and oxygen atoms in total. The lowest BCUT2D eigenvalue weighted by Gasteiger charge is -2.14. The van der Waals surface area contributed by atoms with Crippen molar-refractivity contribution in [3.8, 4) is 17.0 Å². The molecule has 0 unspecified atom stereocenters. The molecule has 5 aromatic rings. The highest BCUT2D eigenvalue weighted by Crippen LogP contribution is 2.37. The molecule has 0 atom stereocenters. The number of H-pyrrole nitrogens is 1. The summed E-state index contributed by atoms with van der Waals surface area (Å²) in [6.07, 6.45) is 1.62. The van der Waals surface area contributed by atoms with Gasteiger partial charge in [0, 0.05) is 28.3 Å². The van der Waals surface area contributed by atoms with Gasteiger partial charge >= 0.3 is 11.3 Å². The first kappa shape index (κ1) is 21.3. The van der Waals surface area contributed by atoms with E-state index < -0.39 is 16.9 Å². The van der Waals surface area contributed by atoms with Crippen LogP contribution in [-0.2, 0) is 6.54 Å². The average Bonchev–Trinajstić information content (AvgIpc) is 2.83. The maximum absolute atomic E-state index is 12.7. The molecule has 0 aliphatic heterocycles. The number of phenolic OH excluding ortho intramolecular Hbond substituents is 1. The first-order valence-corrected chi connectivity index (χ1v) is 10.6. The van der Waals surface area contributed by atoms with Crippen LogP contribution in [0.1, 0.15) is 22.4 Å². The standard InChI is InChI=1S/C25H20N4O5/c1-12-13(2)24(32)34-21-14(3)20(30)18(10-17(12)21)19-8-7-16-22(27-19)29(25(33)28-23(16)31)11-15-6-4-5-9-26-15/h4-10,30H,11H2,1-3H3,(H,28,31,33). The Morgan fingerprint density at radius 3 is 2.53 bits per heavy atom. The van der Waals surface area contributed by atoms with E-state index in [-0.39, 0.29) is 23.3 Å². The summed E-state index contributed by atoms with van der Waals surface area (Å²) in [5.41, 5.74) is 1.83. The van der Waals surface area contributed by atoms with Crippen molar-refractivity contribution in [2.45, 2.75) is 27.3 Å². The molecule has 0 fully saturated rings. The van der Waals surface area contributed by atoms with Crippen LogP contribution in [0, 0.1) is 20.8 Å². The Bertz CT molecular complexity index is 1780. The minimum absolute atomic E-state index is 0.103. The summed E-state index contributed by atoms with van der Waals surface area (Å²) in [4.78, 5) is 48.4. The van der Waals surface area contributed by atoms with E-state index in [2.05, 4.69) is 15.0 Å². The van der Waals surface area contributed by atoms with Crippen LogP contribution in [-0.4, -0.2) is 24.6 Å². The second-order valence-electron chi connectivity index (χ2n) is 8.15. The van der Waals surface area contributed by atoms with Crippen LogP contribution in [0.2, 0.25) is 0 Å². The molecule has 170 valence electrons. The predicted octanol–water partition coefficient (Wildman–Crippen LogP) is 2.93. The number of aryl methyl sites for hydroxylation is 2. The van der Waals surface area contributed by atoms with Gasteiger partial charge in [0.15, 0.2) is 5.65 Å². The van der Waals surface area contributed by atoms with Crippen molar-refractivity contribution in [1.29, 1.82) is 0 Å². The van der Waals surface area contributed by atoms with E-state index in [1.54, 1.807) is 56.4 Å². The van der Waals surface area contributed by atoms with Crippen molar-refractivity contribution < 1.29 is 9.52 Å². The van der Waals surface area contributed by atoms with Gasteiger partial charge in [0.05, 0.1) is 23.3 Å². The molecule has 4 heterocycles. The molecule has 0 aliphatic rings. The average molecular weight is 456 g/mol. The molecule has 2 N–H and O–H groups in total. The van der Waals surface area contributed by atoms with Crippen molar-refractivity contribution >= 4 is 22.0 Å². The number of hydrogen-bond donors (Lipinski definition) is 2. The van der Waals surface area contributed by atoms with Gasteiger partial charge in [-0.25, -0.2) is 14.6 Å². The Hall–Kier alpha value is -4.53. The zero-order valence-electron chi connectivity index (χ0n) is 18.7. The number of phenols is 1. The lowest BCUT2D eigenvalue weighted by molar-refractivity contribution is 0.469. The van der Waals surface area contributed by atoms with Gasteiger partial charge in [-0.15, -0.1) is 0 Å². The first-order valence-electron chi connectivity index (χ1n) is 10.6. The van der Waals surface area contributed by atoms with Crippen LogP contribution >= 0.6 is 0 Å². The van der Waals surface area contributed by atoms with E-state index >= 15 is 0 Å². The highest BCUT2D eigenvalue weighted by molar-refractivity contribution is 5.92. The molecule has 0 aliphatic carbocycles. The molecule has 34 heavy (non-hydrogen) atoms. The van der Waals surface area contributed by atoms with Crippen LogP contribution in [0.3, 0.4) is 0 Å². The number of hydrogen-bond acceptors (Lipinski definition) is 7. The van der Waals surface area contributed by atoms with Crippen LogP contribution < -0.4 is 16.9 Å². The third-order valence-corrected chi connectivity index (χ3v) is 6.11. The molecule has 0 spiro atoms. The number of nitrogens with zero attached hydrogens (tertiary/aromatic N) is 3. The number of nitrogens with one attached hydrogen (secondary N) is 1. The third kappa shape index (κ3) is 3.29. The van der Waals surface area contributed by atoms with E-state index in [1.165, 1.54) is 4.57 Å². The zero-order valence-corrected chi connectivity index (χ0v) is 18.7. The lowest BCUT2D eigenvalue weighted by atomic mass is 9.98. The van der Waals surface area contributed by atoms with Gasteiger partial charge in [-0.1, -0.05) is 6.07 Å². The smallest absolute Gasteiger partial charge is 0.339 e. The Balaban J connectivity index is 1.79. The maximum atomic E-state index is 12.7. The highest BCUT2D eigenvalue weighted by Gasteiger charge is 2.19. The minimum Gasteiger partial charge on any atom is -0.507 e. The minimum atomic E-state index is -0.611. The van der Waals surface area contributed by atoms with Crippen molar-refractivity contribution in [3.63, 3.8) is 0 Å². The fourth-order valence-corrected chi connectivity index (χ4v) is 4.03. The highest BCUT2D eigenvalue weighted by atomic mass is 16.4. The molecule has 0 amide bonds. The fourth-order valence-electron chi connectivity index (χ4n) is 4.03. The molecule has 0 saturated carbocycles. The van der Waals surface area contributed by atoms with E-state index in [0.29, 0.717) is 39.0 Å². The van der Waals surface area contributed by atoms with Gasteiger partial charge in [0.25, 0.3) is 5.56 Å². The maximum Gasteiger partial charge on any atom is 0.339 e. The number of aromatic amines is 1. The van der Waals surface area contributed by atoms with Gasteiger partial charge in [-0.3, -0.25) is 19.3 Å². The Kier molecular flexibility index (Phi) is 4.89.